The molecule has 2 aliphatic heterocycles. The SMILES string of the molecule is O=C(NCCCN1CCOCC1)c1cc2n(n1)[C@H](C(F)(F)F)C[C@@H](c1ccc(Cl)c(Cl)c1)N2. The molecule has 1 fully saturated rings. The molecule has 2 aromatic rings. The number of carbonyl (C=O) groups excluding carboxylic acids is 1. The van der Waals surface area contributed by atoms with Crippen LogP contribution in [-0.2, 0) is 4.74 Å². The molecule has 2 aliphatic rings. The quantitative estimate of drug-likeness (QED) is 0.572. The van der Waals surface area contributed by atoms with Crippen LogP contribution in [-0.4, -0.2) is 66.2 Å². The van der Waals surface area contributed by atoms with Gasteiger partial charge in [-0.25, -0.2) is 4.68 Å². The van der Waals surface area contributed by atoms with Crippen molar-refractivity contribution >= 4 is 34.9 Å². The van der Waals surface area contributed by atoms with Crippen LogP contribution in [0.15, 0.2) is 24.3 Å². The number of carbonyl (C=O) groups is 1. The fourth-order valence-electron chi connectivity index (χ4n) is 4.05. The topological polar surface area (TPSA) is 71.4 Å². The van der Waals surface area contributed by atoms with E-state index in [0.29, 0.717) is 30.3 Å². The molecule has 33 heavy (non-hydrogen) atoms. The van der Waals surface area contributed by atoms with Crippen molar-refractivity contribution in [3.8, 4) is 0 Å². The number of nitrogens with one attached hydrogen (secondary N) is 2. The number of anilines is 1. The number of fused-ring (bicyclic) bond motifs is 1. The number of hydrogen-bond acceptors (Lipinski definition) is 5. The average Bonchev–Trinajstić information content (AvgIpc) is 3.22. The summed E-state index contributed by atoms with van der Waals surface area (Å²) in [6.45, 7) is 4.32. The Kier molecular flexibility index (Phi) is 7.37. The lowest BCUT2D eigenvalue weighted by Gasteiger charge is -2.33. The van der Waals surface area contributed by atoms with Gasteiger partial charge in [-0.15, -0.1) is 0 Å². The van der Waals surface area contributed by atoms with E-state index in [2.05, 4.69) is 20.6 Å². The van der Waals surface area contributed by atoms with Gasteiger partial charge in [0.2, 0.25) is 0 Å². The minimum Gasteiger partial charge on any atom is -0.379 e. The number of nitrogens with zero attached hydrogens (tertiary/aromatic N) is 3. The van der Waals surface area contributed by atoms with Gasteiger partial charge in [-0.2, -0.15) is 18.3 Å². The minimum atomic E-state index is -4.54. The molecule has 0 radical (unpaired) electrons. The summed E-state index contributed by atoms with van der Waals surface area (Å²) < 4.78 is 47.7. The molecule has 4 rings (SSSR count). The number of rotatable bonds is 6. The second-order valence-corrected chi connectivity index (χ2v) is 8.90. The van der Waals surface area contributed by atoms with Crippen molar-refractivity contribution in [2.24, 2.45) is 0 Å². The highest BCUT2D eigenvalue weighted by atomic mass is 35.5. The standard InChI is InChI=1S/C21H24Cl2F3N5O2/c22-14-3-2-13(10-15(14)23)16-11-18(21(24,25)26)31-19(28-16)12-17(29-31)20(32)27-4-1-5-30-6-8-33-9-7-30/h2-3,10,12,16,18,28H,1,4-9,11H2,(H,27,32)/t16-,18-/m0/s1. The maximum Gasteiger partial charge on any atom is 0.410 e. The molecular formula is C21H24Cl2F3N5O2. The fourth-order valence-corrected chi connectivity index (χ4v) is 4.36. The summed E-state index contributed by atoms with van der Waals surface area (Å²) in [5, 5.41) is 10.3. The Bertz CT molecular complexity index is 995. The Morgan fingerprint density at radius 1 is 1.21 bits per heavy atom. The Labute approximate surface area is 199 Å². The van der Waals surface area contributed by atoms with Crippen LogP contribution >= 0.6 is 23.2 Å². The summed E-state index contributed by atoms with van der Waals surface area (Å²) in [6.07, 6.45) is -4.11. The Morgan fingerprint density at radius 3 is 2.67 bits per heavy atom. The number of morpholine rings is 1. The summed E-state index contributed by atoms with van der Waals surface area (Å²) in [5.41, 5.74) is 0.508. The molecule has 1 amide bonds. The monoisotopic (exact) mass is 505 g/mol. The van der Waals surface area contributed by atoms with E-state index in [1.807, 2.05) is 0 Å². The third-order valence-electron chi connectivity index (χ3n) is 5.81. The maximum absolute atomic E-state index is 13.8. The first kappa shape index (κ1) is 24.1. The summed E-state index contributed by atoms with van der Waals surface area (Å²) >= 11 is 12.0. The second-order valence-electron chi connectivity index (χ2n) is 8.09. The molecule has 7 nitrogen and oxygen atoms in total. The predicted octanol–water partition coefficient (Wildman–Crippen LogP) is 4.30. The van der Waals surface area contributed by atoms with Crippen LogP contribution < -0.4 is 10.6 Å². The number of aromatic nitrogens is 2. The zero-order valence-corrected chi connectivity index (χ0v) is 19.2. The van der Waals surface area contributed by atoms with Gasteiger partial charge >= 0.3 is 6.18 Å². The van der Waals surface area contributed by atoms with Crippen LogP contribution in [0, 0.1) is 0 Å². The van der Waals surface area contributed by atoms with Gasteiger partial charge in [-0.1, -0.05) is 29.3 Å². The van der Waals surface area contributed by atoms with Gasteiger partial charge in [0.05, 0.1) is 29.3 Å². The summed E-state index contributed by atoms with van der Waals surface area (Å²) in [7, 11) is 0. The maximum atomic E-state index is 13.8. The number of benzene rings is 1. The van der Waals surface area contributed by atoms with Crippen molar-refractivity contribution in [1.29, 1.82) is 0 Å². The van der Waals surface area contributed by atoms with Gasteiger partial charge in [0, 0.05) is 32.1 Å². The van der Waals surface area contributed by atoms with E-state index in [1.54, 1.807) is 18.2 Å². The van der Waals surface area contributed by atoms with Crippen LogP contribution in [0.3, 0.4) is 0 Å². The van der Waals surface area contributed by atoms with Gasteiger partial charge < -0.3 is 15.4 Å². The molecule has 1 aromatic heterocycles. The molecular weight excluding hydrogens is 482 g/mol. The van der Waals surface area contributed by atoms with E-state index >= 15 is 0 Å². The first-order chi connectivity index (χ1) is 15.7. The molecule has 0 spiro atoms. The van der Waals surface area contributed by atoms with E-state index in [9.17, 15) is 18.0 Å². The van der Waals surface area contributed by atoms with E-state index in [0.717, 1.165) is 30.7 Å². The zero-order valence-electron chi connectivity index (χ0n) is 17.7. The van der Waals surface area contributed by atoms with E-state index in [4.69, 9.17) is 27.9 Å². The molecule has 3 heterocycles. The smallest absolute Gasteiger partial charge is 0.379 e. The molecule has 0 aliphatic carbocycles. The molecule has 0 unspecified atom stereocenters. The van der Waals surface area contributed by atoms with Crippen LogP contribution in [0.25, 0.3) is 0 Å². The first-order valence-electron chi connectivity index (χ1n) is 10.7. The molecule has 0 bridgehead atoms. The highest BCUT2D eigenvalue weighted by molar-refractivity contribution is 6.42. The van der Waals surface area contributed by atoms with Crippen molar-refractivity contribution in [2.45, 2.75) is 31.1 Å². The van der Waals surface area contributed by atoms with Crippen LogP contribution in [0.2, 0.25) is 10.0 Å². The van der Waals surface area contributed by atoms with Crippen molar-refractivity contribution in [1.82, 2.24) is 20.0 Å². The van der Waals surface area contributed by atoms with Crippen LogP contribution in [0.4, 0.5) is 19.0 Å². The number of hydrogen-bond donors (Lipinski definition) is 2. The lowest BCUT2D eigenvalue weighted by molar-refractivity contribution is -0.173. The van der Waals surface area contributed by atoms with Crippen molar-refractivity contribution in [3.05, 3.63) is 45.6 Å². The van der Waals surface area contributed by atoms with Crippen molar-refractivity contribution in [3.63, 3.8) is 0 Å². The number of ether oxygens (including phenoxy) is 1. The molecule has 180 valence electrons. The zero-order chi connectivity index (χ0) is 23.6. The lowest BCUT2D eigenvalue weighted by atomic mass is 9.97. The largest absolute Gasteiger partial charge is 0.410 e. The predicted molar refractivity (Wildman–Crippen MR) is 119 cm³/mol. The molecule has 2 atom stereocenters. The van der Waals surface area contributed by atoms with Gasteiger partial charge in [-0.05, 0) is 30.7 Å². The molecule has 1 saturated heterocycles. The number of amides is 1. The summed E-state index contributed by atoms with van der Waals surface area (Å²) in [4.78, 5) is 14.8. The van der Waals surface area contributed by atoms with Crippen LogP contribution in [0.5, 0.6) is 0 Å². The van der Waals surface area contributed by atoms with Gasteiger partial charge in [-0.3, -0.25) is 9.69 Å². The molecule has 2 N–H and O–H groups in total. The highest BCUT2D eigenvalue weighted by Crippen LogP contribution is 2.44. The van der Waals surface area contributed by atoms with Crippen molar-refractivity contribution < 1.29 is 22.7 Å². The molecule has 1 aromatic carbocycles. The Hall–Kier alpha value is -2.01. The summed E-state index contributed by atoms with van der Waals surface area (Å²) in [6, 6.07) is 3.53. The minimum absolute atomic E-state index is 0.0621. The normalized spacial score (nSPS) is 21.4. The Morgan fingerprint density at radius 2 is 1.97 bits per heavy atom. The van der Waals surface area contributed by atoms with E-state index in [1.165, 1.54) is 6.07 Å². The van der Waals surface area contributed by atoms with Gasteiger partial charge in [0.25, 0.3) is 5.91 Å². The first-order valence-corrected chi connectivity index (χ1v) is 11.4. The molecule has 0 saturated carbocycles. The third-order valence-corrected chi connectivity index (χ3v) is 6.55. The Balaban J connectivity index is 1.44. The number of alkyl halides is 3. The van der Waals surface area contributed by atoms with E-state index in [-0.39, 0.29) is 23.0 Å². The van der Waals surface area contributed by atoms with E-state index < -0.39 is 24.2 Å². The van der Waals surface area contributed by atoms with Gasteiger partial charge in [0.15, 0.2) is 11.7 Å². The lowest BCUT2D eigenvalue weighted by Crippen LogP contribution is -2.38. The summed E-state index contributed by atoms with van der Waals surface area (Å²) in [5.74, 6) is -0.384. The van der Waals surface area contributed by atoms with Crippen molar-refractivity contribution in [2.75, 3.05) is 44.7 Å². The van der Waals surface area contributed by atoms with Gasteiger partial charge in [0.1, 0.15) is 5.82 Å². The average molecular weight is 506 g/mol. The van der Waals surface area contributed by atoms with Crippen LogP contribution in [0.1, 0.15) is 41.0 Å². The number of halogens is 5. The second kappa shape index (κ2) is 10.1. The highest BCUT2D eigenvalue weighted by Gasteiger charge is 2.46. The third kappa shape index (κ3) is 5.74. The fraction of sp³-hybridized carbons (Fsp3) is 0.524. The molecule has 12 heteroatoms.